The largest absolute Gasteiger partial charge is 0.460 e. The first kappa shape index (κ1) is 23.0. The highest BCUT2D eigenvalue weighted by molar-refractivity contribution is 6.02. The first-order chi connectivity index (χ1) is 15.7. The van der Waals surface area contributed by atoms with E-state index in [-0.39, 0.29) is 17.9 Å². The first-order valence-electron chi connectivity index (χ1n) is 11.7. The zero-order valence-corrected chi connectivity index (χ0v) is 19.9. The van der Waals surface area contributed by atoms with Gasteiger partial charge in [0.2, 0.25) is 5.95 Å². The second kappa shape index (κ2) is 9.37. The summed E-state index contributed by atoms with van der Waals surface area (Å²) in [5.41, 5.74) is 2.72. The molecule has 33 heavy (non-hydrogen) atoms. The number of ether oxygens (including phenoxy) is 1. The lowest BCUT2D eigenvalue weighted by atomic mass is 9.98. The Morgan fingerprint density at radius 2 is 2.09 bits per heavy atom. The SMILES string of the molecule is Cc1cccc(Nc2nc(N3CCCCC3CCC(=O)OC(C)(C)C)nc3c2C(=O)NC3)c1. The summed E-state index contributed by atoms with van der Waals surface area (Å²) in [4.78, 5) is 36.5. The number of piperidine rings is 1. The molecule has 1 saturated heterocycles. The molecule has 3 heterocycles. The molecule has 0 aliphatic carbocycles. The molecule has 0 bridgehead atoms. The maximum absolute atomic E-state index is 12.5. The molecule has 1 aromatic carbocycles. The summed E-state index contributed by atoms with van der Waals surface area (Å²) in [7, 11) is 0. The summed E-state index contributed by atoms with van der Waals surface area (Å²) < 4.78 is 5.49. The van der Waals surface area contributed by atoms with Crippen molar-refractivity contribution in [3.8, 4) is 0 Å². The highest BCUT2D eigenvalue weighted by Crippen LogP contribution is 2.31. The molecule has 8 heteroatoms. The molecular weight excluding hydrogens is 418 g/mol. The minimum Gasteiger partial charge on any atom is -0.460 e. The minimum atomic E-state index is -0.484. The van der Waals surface area contributed by atoms with Crippen LogP contribution in [-0.2, 0) is 16.1 Å². The molecular formula is C25H33N5O3. The van der Waals surface area contributed by atoms with E-state index < -0.39 is 5.60 Å². The number of carbonyl (C=O) groups excluding carboxylic acids is 2. The molecule has 8 nitrogen and oxygen atoms in total. The van der Waals surface area contributed by atoms with Crippen LogP contribution in [0.25, 0.3) is 0 Å². The number of hydrogen-bond donors (Lipinski definition) is 2. The van der Waals surface area contributed by atoms with Crippen molar-refractivity contribution in [2.24, 2.45) is 0 Å². The molecule has 2 aliphatic heterocycles. The number of benzene rings is 1. The van der Waals surface area contributed by atoms with Crippen LogP contribution in [0.15, 0.2) is 24.3 Å². The molecule has 0 radical (unpaired) electrons. The van der Waals surface area contributed by atoms with Crippen LogP contribution in [0.2, 0.25) is 0 Å². The number of nitrogens with one attached hydrogen (secondary N) is 2. The van der Waals surface area contributed by atoms with Gasteiger partial charge in [0, 0.05) is 24.7 Å². The molecule has 1 unspecified atom stereocenters. The van der Waals surface area contributed by atoms with E-state index in [1.165, 1.54) is 0 Å². The Morgan fingerprint density at radius 3 is 2.85 bits per heavy atom. The van der Waals surface area contributed by atoms with Crippen LogP contribution in [0.5, 0.6) is 0 Å². The summed E-state index contributed by atoms with van der Waals surface area (Å²) in [5.74, 6) is 0.785. The predicted molar refractivity (Wildman–Crippen MR) is 128 cm³/mol. The van der Waals surface area contributed by atoms with Crippen LogP contribution in [0.3, 0.4) is 0 Å². The van der Waals surface area contributed by atoms with Crippen LogP contribution in [0, 0.1) is 6.92 Å². The second-order valence-electron chi connectivity index (χ2n) is 9.84. The lowest BCUT2D eigenvalue weighted by Gasteiger charge is -2.36. The van der Waals surface area contributed by atoms with Gasteiger partial charge in [-0.1, -0.05) is 12.1 Å². The normalized spacial score (nSPS) is 18.0. The van der Waals surface area contributed by atoms with Gasteiger partial charge in [0.05, 0.1) is 12.2 Å². The number of aryl methyl sites for hydroxylation is 1. The maximum atomic E-state index is 12.5. The van der Waals surface area contributed by atoms with Crippen LogP contribution >= 0.6 is 0 Å². The monoisotopic (exact) mass is 451 g/mol. The van der Waals surface area contributed by atoms with Crippen LogP contribution in [0.4, 0.5) is 17.5 Å². The third kappa shape index (κ3) is 5.61. The van der Waals surface area contributed by atoms with Gasteiger partial charge >= 0.3 is 5.97 Å². The van der Waals surface area contributed by atoms with Gasteiger partial charge in [0.25, 0.3) is 5.91 Å². The Labute approximate surface area is 195 Å². The highest BCUT2D eigenvalue weighted by atomic mass is 16.6. The average molecular weight is 452 g/mol. The maximum Gasteiger partial charge on any atom is 0.306 e. The van der Waals surface area contributed by atoms with Crippen LogP contribution in [-0.4, -0.2) is 40.0 Å². The van der Waals surface area contributed by atoms with E-state index in [4.69, 9.17) is 14.7 Å². The summed E-state index contributed by atoms with van der Waals surface area (Å²) in [6, 6.07) is 8.12. The molecule has 1 aromatic heterocycles. The fraction of sp³-hybridized carbons (Fsp3) is 0.520. The number of nitrogens with zero attached hydrogens (tertiary/aromatic N) is 3. The number of carbonyl (C=O) groups is 2. The Balaban J connectivity index is 1.59. The number of hydrogen-bond acceptors (Lipinski definition) is 7. The minimum absolute atomic E-state index is 0.154. The lowest BCUT2D eigenvalue weighted by molar-refractivity contribution is -0.155. The zero-order valence-electron chi connectivity index (χ0n) is 19.9. The van der Waals surface area contributed by atoms with Crippen molar-refractivity contribution in [3.05, 3.63) is 41.1 Å². The summed E-state index contributed by atoms with van der Waals surface area (Å²) in [5, 5.41) is 6.20. The van der Waals surface area contributed by atoms with Crippen molar-refractivity contribution < 1.29 is 14.3 Å². The summed E-state index contributed by atoms with van der Waals surface area (Å²) in [6.45, 7) is 8.89. The Morgan fingerprint density at radius 1 is 1.27 bits per heavy atom. The quantitative estimate of drug-likeness (QED) is 0.634. The number of anilines is 3. The second-order valence-corrected chi connectivity index (χ2v) is 9.84. The molecule has 1 atom stereocenters. The van der Waals surface area contributed by atoms with Crippen molar-refractivity contribution in [1.29, 1.82) is 0 Å². The van der Waals surface area contributed by atoms with E-state index in [1.807, 2.05) is 52.0 Å². The molecule has 2 aromatic rings. The Hall–Kier alpha value is -3.16. The number of esters is 1. The predicted octanol–water partition coefficient (Wildman–Crippen LogP) is 4.25. The summed E-state index contributed by atoms with van der Waals surface area (Å²) in [6.07, 6.45) is 4.17. The van der Waals surface area contributed by atoms with Gasteiger partial charge in [-0.2, -0.15) is 4.98 Å². The first-order valence-corrected chi connectivity index (χ1v) is 11.7. The van der Waals surface area contributed by atoms with Gasteiger partial charge in [-0.25, -0.2) is 4.98 Å². The van der Waals surface area contributed by atoms with Crippen LogP contribution in [0.1, 0.15) is 74.5 Å². The van der Waals surface area contributed by atoms with E-state index in [0.717, 1.165) is 37.1 Å². The lowest BCUT2D eigenvalue weighted by Crippen LogP contribution is -2.41. The smallest absolute Gasteiger partial charge is 0.306 e. The van der Waals surface area contributed by atoms with Crippen molar-refractivity contribution in [1.82, 2.24) is 15.3 Å². The van der Waals surface area contributed by atoms with E-state index in [2.05, 4.69) is 15.5 Å². The number of rotatable bonds is 6. The van der Waals surface area contributed by atoms with Crippen LogP contribution < -0.4 is 15.5 Å². The standard InChI is InChI=1S/C25H33N5O3/c1-16-8-7-9-17(14-16)27-22-21-19(15-26-23(21)32)28-24(29-22)30-13-6-5-10-18(30)11-12-20(31)33-25(2,3)4/h7-9,14,18H,5-6,10-13,15H2,1-4H3,(H,26,32)(H,27,28,29). The molecule has 1 amide bonds. The fourth-order valence-electron chi connectivity index (χ4n) is 4.43. The fourth-order valence-corrected chi connectivity index (χ4v) is 4.43. The van der Waals surface area contributed by atoms with Gasteiger partial charge < -0.3 is 20.3 Å². The van der Waals surface area contributed by atoms with Gasteiger partial charge in [-0.3, -0.25) is 9.59 Å². The number of aromatic nitrogens is 2. The van der Waals surface area contributed by atoms with E-state index >= 15 is 0 Å². The van der Waals surface area contributed by atoms with Crippen molar-refractivity contribution in [3.63, 3.8) is 0 Å². The van der Waals surface area contributed by atoms with Gasteiger partial charge in [0.1, 0.15) is 17.0 Å². The van der Waals surface area contributed by atoms with E-state index in [1.54, 1.807) is 0 Å². The molecule has 2 N–H and O–H groups in total. The molecule has 176 valence electrons. The average Bonchev–Trinajstić information content (AvgIpc) is 3.12. The molecule has 4 rings (SSSR count). The van der Waals surface area contributed by atoms with Gasteiger partial charge in [0.15, 0.2) is 0 Å². The number of fused-ring (bicyclic) bond motifs is 1. The number of amides is 1. The zero-order chi connectivity index (χ0) is 23.6. The van der Waals surface area contributed by atoms with Crippen molar-refractivity contribution in [2.45, 2.75) is 78.0 Å². The Kier molecular flexibility index (Phi) is 6.54. The third-order valence-corrected chi connectivity index (χ3v) is 5.88. The molecule has 0 saturated carbocycles. The molecule has 1 fully saturated rings. The highest BCUT2D eigenvalue weighted by Gasteiger charge is 2.31. The van der Waals surface area contributed by atoms with E-state index in [9.17, 15) is 9.59 Å². The Bertz CT molecular complexity index is 1050. The topological polar surface area (TPSA) is 96.5 Å². The molecule has 0 spiro atoms. The summed E-state index contributed by atoms with van der Waals surface area (Å²) >= 11 is 0. The van der Waals surface area contributed by atoms with E-state index in [0.29, 0.717) is 42.4 Å². The third-order valence-electron chi connectivity index (χ3n) is 5.88. The van der Waals surface area contributed by atoms with Gasteiger partial charge in [-0.15, -0.1) is 0 Å². The van der Waals surface area contributed by atoms with Crippen molar-refractivity contribution >= 4 is 29.3 Å². The van der Waals surface area contributed by atoms with Gasteiger partial charge in [-0.05, 0) is 71.1 Å². The molecule has 2 aliphatic rings. The van der Waals surface area contributed by atoms with Crippen molar-refractivity contribution in [2.75, 3.05) is 16.8 Å².